The minimum atomic E-state index is -4.06. The van der Waals surface area contributed by atoms with Crippen molar-refractivity contribution in [3.8, 4) is 11.3 Å². The van der Waals surface area contributed by atoms with E-state index in [0.29, 0.717) is 10.4 Å². The van der Waals surface area contributed by atoms with Gasteiger partial charge in [-0.3, -0.25) is 4.72 Å². The third-order valence-electron chi connectivity index (χ3n) is 4.43. The van der Waals surface area contributed by atoms with Crippen LogP contribution in [0.1, 0.15) is 12.2 Å². The van der Waals surface area contributed by atoms with Crippen LogP contribution in [0.2, 0.25) is 0 Å². The Kier molecular flexibility index (Phi) is 4.38. The Bertz CT molecular complexity index is 1230. The second kappa shape index (κ2) is 6.75. The molecule has 2 N–H and O–H groups in total. The van der Waals surface area contributed by atoms with Crippen LogP contribution < -0.4 is 4.72 Å². The van der Waals surface area contributed by atoms with Gasteiger partial charge in [0.2, 0.25) is 0 Å². The van der Waals surface area contributed by atoms with Crippen molar-refractivity contribution in [2.24, 2.45) is 0 Å². The van der Waals surface area contributed by atoms with Crippen LogP contribution in [0.5, 0.6) is 0 Å². The predicted molar refractivity (Wildman–Crippen MR) is 103 cm³/mol. The van der Waals surface area contributed by atoms with E-state index in [9.17, 15) is 17.2 Å². The van der Waals surface area contributed by atoms with Crippen molar-refractivity contribution in [1.29, 1.82) is 0 Å². The van der Waals surface area contributed by atoms with Gasteiger partial charge in [-0.25, -0.2) is 13.1 Å². The average Bonchev–Trinajstić information content (AvgIpc) is 3.25. The number of halogens is 2. The summed E-state index contributed by atoms with van der Waals surface area (Å²) in [6, 6.07) is 16.6. The molecule has 0 atom stereocenters. The van der Waals surface area contributed by atoms with Crippen LogP contribution in [0.25, 0.3) is 22.2 Å². The molecule has 28 heavy (non-hydrogen) atoms. The van der Waals surface area contributed by atoms with Gasteiger partial charge in [-0.05, 0) is 31.2 Å². The minimum Gasteiger partial charge on any atom is -0.355 e. The van der Waals surface area contributed by atoms with E-state index in [4.69, 9.17) is 0 Å². The van der Waals surface area contributed by atoms with Crippen LogP contribution in [0.15, 0.2) is 65.7 Å². The lowest BCUT2D eigenvalue weighted by Crippen LogP contribution is -2.14. The summed E-state index contributed by atoms with van der Waals surface area (Å²) >= 11 is 0. The van der Waals surface area contributed by atoms with Gasteiger partial charge in [0, 0.05) is 27.8 Å². The summed E-state index contributed by atoms with van der Waals surface area (Å²) in [7, 11) is -4.06. The molecule has 4 aromatic rings. The number of nitrogens with zero attached hydrogens (tertiary/aromatic N) is 2. The molecule has 0 aliphatic carbocycles. The zero-order chi connectivity index (χ0) is 19.9. The minimum absolute atomic E-state index is 0.130. The van der Waals surface area contributed by atoms with Crippen LogP contribution in [-0.4, -0.2) is 23.2 Å². The molecule has 0 radical (unpaired) electrons. The fraction of sp³-hybridized carbons (Fsp3) is 0.105. The van der Waals surface area contributed by atoms with Gasteiger partial charge in [-0.1, -0.05) is 30.3 Å². The van der Waals surface area contributed by atoms with E-state index in [-0.39, 0.29) is 10.6 Å². The molecule has 2 aromatic heterocycles. The van der Waals surface area contributed by atoms with Crippen LogP contribution in [0, 0.1) is 6.92 Å². The number of rotatable bonds is 5. The Morgan fingerprint density at radius 2 is 1.89 bits per heavy atom. The summed E-state index contributed by atoms with van der Waals surface area (Å²) < 4.78 is 53.8. The van der Waals surface area contributed by atoms with Gasteiger partial charge in [-0.15, -0.1) is 0 Å². The summed E-state index contributed by atoms with van der Waals surface area (Å²) in [4.78, 5) is 3.00. The first kappa shape index (κ1) is 18.2. The molecule has 0 unspecified atom stereocenters. The van der Waals surface area contributed by atoms with E-state index in [2.05, 4.69) is 14.8 Å². The molecule has 0 saturated heterocycles. The van der Waals surface area contributed by atoms with Crippen molar-refractivity contribution >= 4 is 26.6 Å². The molecule has 2 heterocycles. The second-order valence-corrected chi connectivity index (χ2v) is 7.92. The number of benzene rings is 2. The van der Waals surface area contributed by atoms with E-state index < -0.39 is 16.6 Å². The van der Waals surface area contributed by atoms with Gasteiger partial charge in [0.15, 0.2) is 0 Å². The molecule has 9 heteroatoms. The van der Waals surface area contributed by atoms with E-state index in [1.165, 1.54) is 6.92 Å². The van der Waals surface area contributed by atoms with E-state index in [1.54, 1.807) is 18.2 Å². The number of alkyl halides is 2. The Balaban J connectivity index is 1.66. The third kappa shape index (κ3) is 3.24. The highest BCUT2D eigenvalue weighted by molar-refractivity contribution is 7.92. The van der Waals surface area contributed by atoms with Crippen molar-refractivity contribution in [1.82, 2.24) is 14.8 Å². The van der Waals surface area contributed by atoms with Crippen LogP contribution in [-0.2, 0) is 10.0 Å². The quantitative estimate of drug-likeness (QED) is 0.515. The monoisotopic (exact) mass is 402 g/mol. The number of H-pyrrole nitrogens is 1. The maximum absolute atomic E-state index is 12.9. The number of nitrogens with one attached hydrogen (secondary N) is 2. The summed E-state index contributed by atoms with van der Waals surface area (Å²) in [5.41, 5.74) is 2.79. The Morgan fingerprint density at radius 1 is 1.11 bits per heavy atom. The van der Waals surface area contributed by atoms with E-state index >= 15 is 0 Å². The highest BCUT2D eigenvalue weighted by Gasteiger charge is 2.23. The molecule has 0 fully saturated rings. The maximum atomic E-state index is 12.9. The Labute approximate surface area is 159 Å². The molecule has 0 aliphatic heterocycles. The van der Waals surface area contributed by atoms with Gasteiger partial charge >= 0.3 is 6.55 Å². The van der Waals surface area contributed by atoms with Crippen LogP contribution in [0.3, 0.4) is 0 Å². The number of sulfonamides is 1. The Morgan fingerprint density at radius 3 is 2.61 bits per heavy atom. The van der Waals surface area contributed by atoms with Gasteiger partial charge in [0.1, 0.15) is 4.90 Å². The van der Waals surface area contributed by atoms with Gasteiger partial charge < -0.3 is 4.98 Å². The highest BCUT2D eigenvalue weighted by atomic mass is 32.2. The predicted octanol–water partition coefficient (Wildman–Crippen LogP) is 4.54. The molecule has 2 aromatic carbocycles. The standard InChI is InChI=1S/C19H16F2N4O2S/c1-12-18(11-22-25(12)19(20)21)28(26,27)24-15-7-4-6-13(9-15)17-10-14-5-2-3-8-16(14)23-17/h2-11,19,23-24H,1H3. The summed E-state index contributed by atoms with van der Waals surface area (Å²) in [6.07, 6.45) is 0.922. The molecule has 6 nitrogen and oxygen atoms in total. The SMILES string of the molecule is Cc1c(S(=O)(=O)Nc2cccc(-c3cc4ccccc4[nH]3)c2)cnn1C(F)F. The first-order chi connectivity index (χ1) is 13.3. The average molecular weight is 402 g/mol. The number of hydrogen-bond donors (Lipinski definition) is 2. The fourth-order valence-electron chi connectivity index (χ4n) is 3.06. The lowest BCUT2D eigenvalue weighted by molar-refractivity contribution is 0.0541. The third-order valence-corrected chi connectivity index (χ3v) is 5.91. The van der Waals surface area contributed by atoms with Crippen molar-refractivity contribution in [2.45, 2.75) is 18.4 Å². The number of para-hydroxylation sites is 1. The Hall–Kier alpha value is -3.20. The molecular formula is C19H16F2N4O2S. The smallest absolute Gasteiger partial charge is 0.333 e. The van der Waals surface area contributed by atoms with E-state index in [0.717, 1.165) is 28.4 Å². The number of aromatic nitrogens is 3. The first-order valence-corrected chi connectivity index (χ1v) is 9.87. The summed E-state index contributed by atoms with van der Waals surface area (Å²) in [5, 5.41) is 4.50. The maximum Gasteiger partial charge on any atom is 0.333 e. The van der Waals surface area contributed by atoms with Crippen LogP contribution in [0.4, 0.5) is 14.5 Å². The topological polar surface area (TPSA) is 79.8 Å². The number of anilines is 1. The van der Waals surface area contributed by atoms with Crippen molar-refractivity contribution in [2.75, 3.05) is 4.72 Å². The fourth-order valence-corrected chi connectivity index (χ4v) is 4.27. The summed E-state index contributed by atoms with van der Waals surface area (Å²) in [6.45, 7) is -1.62. The van der Waals surface area contributed by atoms with Crippen molar-refractivity contribution in [3.63, 3.8) is 0 Å². The van der Waals surface area contributed by atoms with Gasteiger partial charge in [0.05, 0.1) is 11.9 Å². The molecule has 0 bridgehead atoms. The van der Waals surface area contributed by atoms with Gasteiger partial charge in [0.25, 0.3) is 10.0 Å². The zero-order valence-electron chi connectivity index (χ0n) is 14.7. The highest BCUT2D eigenvalue weighted by Crippen LogP contribution is 2.28. The first-order valence-electron chi connectivity index (χ1n) is 8.38. The van der Waals surface area contributed by atoms with Crippen molar-refractivity contribution < 1.29 is 17.2 Å². The van der Waals surface area contributed by atoms with Crippen molar-refractivity contribution in [3.05, 3.63) is 66.5 Å². The molecule has 0 saturated carbocycles. The normalized spacial score (nSPS) is 12.0. The molecule has 4 rings (SSSR count). The number of fused-ring (bicyclic) bond motifs is 1. The molecule has 144 valence electrons. The van der Waals surface area contributed by atoms with E-state index in [1.807, 2.05) is 36.4 Å². The number of hydrogen-bond acceptors (Lipinski definition) is 3. The largest absolute Gasteiger partial charge is 0.355 e. The lowest BCUT2D eigenvalue weighted by Gasteiger charge is -2.09. The summed E-state index contributed by atoms with van der Waals surface area (Å²) in [5.74, 6) is 0. The van der Waals surface area contributed by atoms with Gasteiger partial charge in [-0.2, -0.15) is 13.9 Å². The lowest BCUT2D eigenvalue weighted by atomic mass is 10.1. The molecule has 0 spiro atoms. The molecule has 0 aliphatic rings. The second-order valence-electron chi connectivity index (χ2n) is 6.27. The van der Waals surface area contributed by atoms with Crippen LogP contribution >= 0.6 is 0 Å². The molecular weight excluding hydrogens is 386 g/mol. The molecule has 0 amide bonds. The number of aromatic amines is 1. The zero-order valence-corrected chi connectivity index (χ0v) is 15.5.